The lowest BCUT2D eigenvalue weighted by Gasteiger charge is -2.28. The van der Waals surface area contributed by atoms with E-state index in [2.05, 4.69) is 22.3 Å². The van der Waals surface area contributed by atoms with Crippen LogP contribution in [-0.4, -0.2) is 56.2 Å². The monoisotopic (exact) mass is 577 g/mol. The van der Waals surface area contributed by atoms with E-state index in [1.54, 1.807) is 11.3 Å². The van der Waals surface area contributed by atoms with Crippen molar-refractivity contribution in [1.82, 2.24) is 10.2 Å². The molecule has 210 valence electrons. The van der Waals surface area contributed by atoms with Crippen LogP contribution in [0.25, 0.3) is 0 Å². The molecule has 6 nitrogen and oxygen atoms in total. The third kappa shape index (κ3) is 7.82. The molecule has 2 aliphatic heterocycles. The predicted octanol–water partition coefficient (Wildman–Crippen LogP) is 6.43. The number of halogens is 1. The van der Waals surface area contributed by atoms with Gasteiger partial charge in [0.1, 0.15) is 11.9 Å². The average molecular weight is 578 g/mol. The van der Waals surface area contributed by atoms with E-state index in [0.29, 0.717) is 29.5 Å². The molecule has 2 aromatic carbocycles. The van der Waals surface area contributed by atoms with Gasteiger partial charge in [0.05, 0.1) is 36.0 Å². The van der Waals surface area contributed by atoms with Crippen molar-refractivity contribution in [2.45, 2.75) is 38.1 Å². The molecule has 0 bridgehead atoms. The van der Waals surface area contributed by atoms with Crippen molar-refractivity contribution in [3.63, 3.8) is 0 Å². The number of aryl methyl sites for hydroxylation is 1. The molecule has 3 aromatic rings. The molecule has 8 heteroatoms. The fourth-order valence-electron chi connectivity index (χ4n) is 5.09. The minimum Gasteiger partial charge on any atom is -0.462 e. The van der Waals surface area contributed by atoms with Gasteiger partial charge in [-0.1, -0.05) is 66.6 Å². The van der Waals surface area contributed by atoms with Crippen LogP contribution < -0.4 is 5.32 Å². The number of carbonyl (C=O) groups is 1. The van der Waals surface area contributed by atoms with Crippen molar-refractivity contribution >= 4 is 34.7 Å². The molecule has 0 amide bonds. The fraction of sp³-hybridized carbons (Fsp3) is 0.375. The summed E-state index contributed by atoms with van der Waals surface area (Å²) in [6.07, 6.45) is 5.39. The average Bonchev–Trinajstić information content (AvgIpc) is 3.54. The molecule has 2 aliphatic rings. The standard InChI is InChI=1S/C32H36ClN3O3S/c33-26-15-13-25(14-16-26)30-29(32(37)39-20-7-11-24-9-3-1-4-10-24)27(34-31(35-30)28-12-8-22-40-28)23-38-21-19-36-17-5-2-6-18-36/h1,3-4,8-10,12-16,22,30H,2,5-7,11,17-21,23H2,(H,34,35). The van der Waals surface area contributed by atoms with E-state index in [1.165, 1.54) is 24.8 Å². The number of nitrogens with zero attached hydrogens (tertiary/aromatic N) is 2. The largest absolute Gasteiger partial charge is 0.462 e. The maximum Gasteiger partial charge on any atom is 0.338 e. The molecule has 3 heterocycles. The molecule has 1 unspecified atom stereocenters. The van der Waals surface area contributed by atoms with Gasteiger partial charge in [-0.25, -0.2) is 4.79 Å². The van der Waals surface area contributed by atoms with Crippen LogP contribution >= 0.6 is 22.9 Å². The second kappa shape index (κ2) is 14.6. The minimum absolute atomic E-state index is 0.275. The van der Waals surface area contributed by atoms with E-state index in [4.69, 9.17) is 26.1 Å². The van der Waals surface area contributed by atoms with Gasteiger partial charge in [-0.2, -0.15) is 0 Å². The van der Waals surface area contributed by atoms with Crippen LogP contribution in [0.15, 0.2) is 88.4 Å². The first-order valence-corrected chi connectivity index (χ1v) is 15.3. The summed E-state index contributed by atoms with van der Waals surface area (Å²) in [5.41, 5.74) is 3.29. The number of rotatable bonds is 12. The lowest BCUT2D eigenvalue weighted by atomic mass is 9.95. The highest BCUT2D eigenvalue weighted by atomic mass is 35.5. The number of hydrogen-bond donors (Lipinski definition) is 1. The van der Waals surface area contributed by atoms with Crippen LogP contribution in [0.1, 0.15) is 47.7 Å². The molecule has 1 atom stereocenters. The molecule has 0 saturated carbocycles. The van der Waals surface area contributed by atoms with Gasteiger partial charge in [0.15, 0.2) is 0 Å². The van der Waals surface area contributed by atoms with Crippen molar-refractivity contribution < 1.29 is 14.3 Å². The number of esters is 1. The van der Waals surface area contributed by atoms with E-state index in [1.807, 2.05) is 60.0 Å². The number of amidine groups is 1. The molecule has 5 rings (SSSR count). The molecule has 0 spiro atoms. The van der Waals surface area contributed by atoms with E-state index < -0.39 is 6.04 Å². The highest BCUT2D eigenvalue weighted by Crippen LogP contribution is 2.34. The summed E-state index contributed by atoms with van der Waals surface area (Å²) in [4.78, 5) is 22.1. The first-order valence-electron chi connectivity index (χ1n) is 14.1. The SMILES string of the molecule is O=C(OCCCc1ccccc1)C1=C(COCCN2CCCCC2)NC(c2cccs2)=NC1c1ccc(Cl)cc1. The van der Waals surface area contributed by atoms with Crippen LogP contribution in [0.5, 0.6) is 0 Å². The molecule has 1 aromatic heterocycles. The lowest BCUT2D eigenvalue weighted by molar-refractivity contribution is -0.139. The quantitative estimate of drug-likeness (QED) is 0.199. The number of ether oxygens (including phenoxy) is 2. The van der Waals surface area contributed by atoms with Crippen LogP contribution in [0.3, 0.4) is 0 Å². The first-order chi connectivity index (χ1) is 19.7. The zero-order valence-corrected chi connectivity index (χ0v) is 24.3. The third-order valence-corrected chi connectivity index (χ3v) is 8.35. The summed E-state index contributed by atoms with van der Waals surface area (Å²) in [7, 11) is 0. The molecular formula is C32H36ClN3O3S. The number of aliphatic imine (C=N–C) groups is 1. The van der Waals surface area contributed by atoms with Crippen molar-refractivity contribution in [2.24, 2.45) is 4.99 Å². The molecule has 40 heavy (non-hydrogen) atoms. The van der Waals surface area contributed by atoms with Gasteiger partial charge in [-0.15, -0.1) is 11.3 Å². The van der Waals surface area contributed by atoms with Crippen LogP contribution in [0.2, 0.25) is 5.02 Å². The molecule has 0 radical (unpaired) electrons. The van der Waals surface area contributed by atoms with Crippen LogP contribution in [0.4, 0.5) is 0 Å². The summed E-state index contributed by atoms with van der Waals surface area (Å²) in [5, 5.41) is 6.08. The Kier molecular flexibility index (Phi) is 10.4. The minimum atomic E-state index is -0.530. The summed E-state index contributed by atoms with van der Waals surface area (Å²) < 4.78 is 12.0. The maximum absolute atomic E-state index is 13.7. The Morgan fingerprint density at radius 3 is 2.55 bits per heavy atom. The van der Waals surface area contributed by atoms with Crippen LogP contribution in [-0.2, 0) is 20.7 Å². The summed E-state index contributed by atoms with van der Waals surface area (Å²) >= 11 is 7.80. The molecule has 0 aliphatic carbocycles. The summed E-state index contributed by atoms with van der Waals surface area (Å²) in [6.45, 7) is 4.34. The number of benzene rings is 2. The van der Waals surface area contributed by atoms with E-state index in [9.17, 15) is 4.79 Å². The highest BCUT2D eigenvalue weighted by Gasteiger charge is 2.32. The Labute approximate surface area is 245 Å². The first kappa shape index (κ1) is 28.6. The van der Waals surface area contributed by atoms with Gasteiger partial charge < -0.3 is 19.7 Å². The smallest absolute Gasteiger partial charge is 0.338 e. The van der Waals surface area contributed by atoms with Crippen molar-refractivity contribution in [3.05, 3.63) is 104 Å². The molecule has 1 saturated heterocycles. The van der Waals surface area contributed by atoms with E-state index in [0.717, 1.165) is 48.8 Å². The van der Waals surface area contributed by atoms with Crippen molar-refractivity contribution in [3.8, 4) is 0 Å². The zero-order valence-electron chi connectivity index (χ0n) is 22.7. The molecular weight excluding hydrogens is 542 g/mol. The zero-order chi connectivity index (χ0) is 27.6. The number of piperidine rings is 1. The lowest BCUT2D eigenvalue weighted by Crippen LogP contribution is -2.36. The Hall–Kier alpha value is -2.97. The van der Waals surface area contributed by atoms with Gasteiger partial charge in [0, 0.05) is 11.6 Å². The summed E-state index contributed by atoms with van der Waals surface area (Å²) in [6, 6.07) is 21.2. The second-order valence-corrected chi connectivity index (χ2v) is 11.5. The Bertz CT molecular complexity index is 1290. The van der Waals surface area contributed by atoms with Crippen LogP contribution in [0, 0.1) is 0 Å². The van der Waals surface area contributed by atoms with Gasteiger partial charge in [-0.05, 0) is 73.5 Å². The Morgan fingerprint density at radius 1 is 1.00 bits per heavy atom. The fourth-order valence-corrected chi connectivity index (χ4v) is 5.89. The second-order valence-electron chi connectivity index (χ2n) is 10.1. The van der Waals surface area contributed by atoms with Gasteiger partial charge in [0.2, 0.25) is 0 Å². The number of likely N-dealkylation sites (tertiary alicyclic amines) is 1. The topological polar surface area (TPSA) is 63.2 Å². The maximum atomic E-state index is 13.7. The highest BCUT2D eigenvalue weighted by molar-refractivity contribution is 7.12. The molecule has 1 N–H and O–H groups in total. The Balaban J connectivity index is 1.35. The Morgan fingerprint density at radius 2 is 1.80 bits per heavy atom. The third-order valence-electron chi connectivity index (χ3n) is 7.22. The normalized spacial score (nSPS) is 17.8. The van der Waals surface area contributed by atoms with Gasteiger partial charge in [0.25, 0.3) is 0 Å². The summed E-state index contributed by atoms with van der Waals surface area (Å²) in [5.74, 6) is 0.356. The predicted molar refractivity (Wildman–Crippen MR) is 162 cm³/mol. The van der Waals surface area contributed by atoms with Gasteiger partial charge >= 0.3 is 5.97 Å². The number of thiophene rings is 1. The van der Waals surface area contributed by atoms with Crippen molar-refractivity contribution in [1.29, 1.82) is 0 Å². The van der Waals surface area contributed by atoms with Crippen molar-refractivity contribution in [2.75, 3.05) is 39.5 Å². The molecule has 1 fully saturated rings. The number of hydrogen-bond acceptors (Lipinski definition) is 7. The van der Waals surface area contributed by atoms with E-state index >= 15 is 0 Å². The number of carbonyl (C=O) groups excluding carboxylic acids is 1. The number of nitrogens with one attached hydrogen (secondary N) is 1. The van der Waals surface area contributed by atoms with E-state index in [-0.39, 0.29) is 12.6 Å². The van der Waals surface area contributed by atoms with Gasteiger partial charge in [-0.3, -0.25) is 4.99 Å².